The van der Waals surface area contributed by atoms with Crippen LogP contribution in [0.25, 0.3) is 0 Å². The van der Waals surface area contributed by atoms with Crippen LogP contribution < -0.4 is 0 Å². The van der Waals surface area contributed by atoms with Crippen molar-refractivity contribution in [3.63, 3.8) is 0 Å². The standard InChI is InChI=1S/C16H13ClN2S/c17-14-10-18-11-19-16(14)13-8-4-5-9-15(13)20-12-6-2-1-3-7-12/h1-11,13,15H. The van der Waals surface area contributed by atoms with Crippen LogP contribution in [0.15, 0.2) is 72.1 Å². The molecule has 2 aromatic rings. The van der Waals surface area contributed by atoms with E-state index in [1.807, 2.05) is 23.9 Å². The fraction of sp³-hybridized carbons (Fsp3) is 0.125. The Bertz CT molecular complexity index is 640. The molecule has 2 unspecified atom stereocenters. The van der Waals surface area contributed by atoms with Crippen LogP contribution in [0.5, 0.6) is 0 Å². The molecular weight excluding hydrogens is 288 g/mol. The van der Waals surface area contributed by atoms with Crippen molar-refractivity contribution in [3.8, 4) is 0 Å². The molecule has 1 aromatic carbocycles. The van der Waals surface area contributed by atoms with Crippen LogP contribution in [0, 0.1) is 0 Å². The second-order valence-corrected chi connectivity index (χ2v) is 6.11. The fourth-order valence-electron chi connectivity index (χ4n) is 2.17. The highest BCUT2D eigenvalue weighted by molar-refractivity contribution is 8.00. The molecule has 0 N–H and O–H groups in total. The molecular formula is C16H13ClN2S. The number of thioether (sulfide) groups is 1. The van der Waals surface area contributed by atoms with Gasteiger partial charge < -0.3 is 0 Å². The van der Waals surface area contributed by atoms with Gasteiger partial charge in [-0.2, -0.15) is 0 Å². The lowest BCUT2D eigenvalue weighted by molar-refractivity contribution is 0.822. The van der Waals surface area contributed by atoms with E-state index in [2.05, 4.69) is 52.5 Å². The van der Waals surface area contributed by atoms with Crippen LogP contribution in [0.4, 0.5) is 0 Å². The summed E-state index contributed by atoms with van der Waals surface area (Å²) in [5, 5.41) is 0.908. The lowest BCUT2D eigenvalue weighted by atomic mass is 9.96. The van der Waals surface area contributed by atoms with Crippen LogP contribution >= 0.6 is 23.4 Å². The topological polar surface area (TPSA) is 25.8 Å². The maximum Gasteiger partial charge on any atom is 0.115 e. The predicted molar refractivity (Wildman–Crippen MR) is 84.2 cm³/mol. The number of rotatable bonds is 3. The molecule has 0 saturated carbocycles. The molecule has 0 spiro atoms. The molecule has 1 heterocycles. The number of nitrogens with zero attached hydrogens (tertiary/aromatic N) is 2. The Morgan fingerprint density at radius 1 is 1.05 bits per heavy atom. The van der Waals surface area contributed by atoms with Gasteiger partial charge >= 0.3 is 0 Å². The van der Waals surface area contributed by atoms with Gasteiger partial charge in [-0.05, 0) is 12.1 Å². The Morgan fingerprint density at radius 2 is 1.85 bits per heavy atom. The molecule has 0 saturated heterocycles. The van der Waals surface area contributed by atoms with E-state index in [4.69, 9.17) is 11.6 Å². The summed E-state index contributed by atoms with van der Waals surface area (Å²) in [6, 6.07) is 10.4. The number of allylic oxidation sites excluding steroid dienone is 3. The first-order valence-corrected chi connectivity index (χ1v) is 7.62. The maximum atomic E-state index is 6.23. The molecule has 0 fully saturated rings. The molecule has 2 atom stereocenters. The summed E-state index contributed by atoms with van der Waals surface area (Å²) < 4.78 is 0. The fourth-order valence-corrected chi connectivity index (χ4v) is 3.56. The Kier molecular flexibility index (Phi) is 4.19. The summed E-state index contributed by atoms with van der Waals surface area (Å²) in [5.74, 6) is 0.167. The first kappa shape index (κ1) is 13.4. The number of benzene rings is 1. The highest BCUT2D eigenvalue weighted by atomic mass is 35.5. The van der Waals surface area contributed by atoms with Crippen LogP contribution in [0.3, 0.4) is 0 Å². The van der Waals surface area contributed by atoms with E-state index in [0.29, 0.717) is 5.02 Å². The van der Waals surface area contributed by atoms with Gasteiger partial charge in [-0.3, -0.25) is 0 Å². The van der Waals surface area contributed by atoms with E-state index in [-0.39, 0.29) is 11.2 Å². The van der Waals surface area contributed by atoms with Gasteiger partial charge in [0.25, 0.3) is 0 Å². The van der Waals surface area contributed by atoms with Gasteiger partial charge in [0.05, 0.1) is 10.7 Å². The maximum absolute atomic E-state index is 6.23. The first-order chi connectivity index (χ1) is 9.84. The average Bonchev–Trinajstić information content (AvgIpc) is 2.50. The minimum Gasteiger partial charge on any atom is -0.243 e. The van der Waals surface area contributed by atoms with Crippen molar-refractivity contribution in [1.29, 1.82) is 0 Å². The molecule has 1 aliphatic carbocycles. The zero-order valence-corrected chi connectivity index (χ0v) is 12.3. The third kappa shape index (κ3) is 2.94. The lowest BCUT2D eigenvalue weighted by Crippen LogP contribution is -2.15. The molecule has 20 heavy (non-hydrogen) atoms. The van der Waals surface area contributed by atoms with E-state index >= 15 is 0 Å². The Labute approximate surface area is 127 Å². The van der Waals surface area contributed by atoms with Gasteiger partial charge in [-0.15, -0.1) is 11.8 Å². The predicted octanol–water partition coefficient (Wildman–Crippen LogP) is 4.50. The molecule has 0 aliphatic heterocycles. The van der Waals surface area contributed by atoms with E-state index in [1.165, 1.54) is 4.90 Å². The van der Waals surface area contributed by atoms with Crippen molar-refractivity contribution < 1.29 is 0 Å². The highest BCUT2D eigenvalue weighted by Gasteiger charge is 2.24. The van der Waals surface area contributed by atoms with E-state index < -0.39 is 0 Å². The van der Waals surface area contributed by atoms with Gasteiger partial charge in [0.2, 0.25) is 0 Å². The lowest BCUT2D eigenvalue weighted by Gasteiger charge is -2.23. The number of hydrogen-bond acceptors (Lipinski definition) is 3. The highest BCUT2D eigenvalue weighted by Crippen LogP contribution is 2.38. The summed E-state index contributed by atoms with van der Waals surface area (Å²) >= 11 is 8.05. The summed E-state index contributed by atoms with van der Waals surface area (Å²) in [6.45, 7) is 0. The van der Waals surface area contributed by atoms with Crippen LogP contribution in [0.2, 0.25) is 5.02 Å². The second kappa shape index (κ2) is 6.25. The van der Waals surface area contributed by atoms with Crippen LogP contribution in [-0.4, -0.2) is 15.2 Å². The SMILES string of the molecule is Clc1cncnc1C1C=CC=CC1Sc1ccccc1. The summed E-state index contributed by atoms with van der Waals surface area (Å²) in [4.78, 5) is 9.55. The molecule has 100 valence electrons. The number of hydrogen-bond donors (Lipinski definition) is 0. The molecule has 1 aliphatic rings. The van der Waals surface area contributed by atoms with Crippen LogP contribution in [0.1, 0.15) is 11.6 Å². The number of aromatic nitrogens is 2. The number of halogens is 1. The molecule has 1 aromatic heterocycles. The van der Waals surface area contributed by atoms with Crippen LogP contribution in [-0.2, 0) is 0 Å². The zero-order chi connectivity index (χ0) is 13.8. The van der Waals surface area contributed by atoms with Gasteiger partial charge in [-0.1, -0.05) is 54.1 Å². The quantitative estimate of drug-likeness (QED) is 0.834. The summed E-state index contributed by atoms with van der Waals surface area (Å²) in [5.41, 5.74) is 0.885. The zero-order valence-electron chi connectivity index (χ0n) is 10.7. The monoisotopic (exact) mass is 300 g/mol. The smallest absolute Gasteiger partial charge is 0.115 e. The Hall–Kier alpha value is -1.58. The van der Waals surface area contributed by atoms with E-state index in [9.17, 15) is 0 Å². The molecule has 0 amide bonds. The minimum absolute atomic E-state index is 0.167. The van der Waals surface area contributed by atoms with E-state index in [1.54, 1.807) is 12.5 Å². The molecule has 4 heteroatoms. The third-order valence-electron chi connectivity index (χ3n) is 3.11. The first-order valence-electron chi connectivity index (χ1n) is 6.37. The third-order valence-corrected chi connectivity index (χ3v) is 4.67. The molecule has 2 nitrogen and oxygen atoms in total. The summed E-state index contributed by atoms with van der Waals surface area (Å²) in [6.07, 6.45) is 11.7. The minimum atomic E-state index is 0.167. The van der Waals surface area contributed by atoms with Gasteiger partial charge in [0.15, 0.2) is 0 Å². The normalized spacial score (nSPS) is 21.1. The van der Waals surface area contributed by atoms with Gasteiger partial charge in [-0.25, -0.2) is 9.97 Å². The van der Waals surface area contributed by atoms with Crippen molar-refractivity contribution in [2.24, 2.45) is 0 Å². The van der Waals surface area contributed by atoms with Crippen molar-refractivity contribution in [2.75, 3.05) is 0 Å². The molecule has 0 radical (unpaired) electrons. The molecule has 3 rings (SSSR count). The summed E-state index contributed by atoms with van der Waals surface area (Å²) in [7, 11) is 0. The average molecular weight is 301 g/mol. The van der Waals surface area contributed by atoms with Crippen molar-refractivity contribution in [3.05, 3.63) is 77.9 Å². The Morgan fingerprint density at radius 3 is 2.65 bits per heavy atom. The largest absolute Gasteiger partial charge is 0.243 e. The Balaban J connectivity index is 1.88. The van der Waals surface area contributed by atoms with Crippen molar-refractivity contribution >= 4 is 23.4 Å². The van der Waals surface area contributed by atoms with Gasteiger partial charge in [0.1, 0.15) is 6.33 Å². The van der Waals surface area contributed by atoms with Crippen molar-refractivity contribution in [1.82, 2.24) is 9.97 Å². The molecule has 0 bridgehead atoms. The second-order valence-electron chi connectivity index (χ2n) is 4.45. The van der Waals surface area contributed by atoms with Gasteiger partial charge in [0, 0.05) is 22.3 Å². The van der Waals surface area contributed by atoms with E-state index in [0.717, 1.165) is 5.69 Å². The van der Waals surface area contributed by atoms with Crippen molar-refractivity contribution in [2.45, 2.75) is 16.1 Å².